The molecular weight excluding hydrogens is 176 g/mol. The van der Waals surface area contributed by atoms with Crippen molar-refractivity contribution in [2.45, 2.75) is 6.92 Å². The molecule has 0 atom stereocenters. The molecule has 0 unspecified atom stereocenters. The van der Waals surface area contributed by atoms with Gasteiger partial charge >= 0.3 is 12.0 Å². The molecule has 6 nitrogen and oxygen atoms in total. The Labute approximate surface area is 74.9 Å². The minimum atomic E-state index is -0.741. The molecule has 0 saturated carbocycles. The first-order chi connectivity index (χ1) is 6.02. The summed E-state index contributed by atoms with van der Waals surface area (Å²) in [5.41, 5.74) is 0.198. The van der Waals surface area contributed by atoms with Crippen LogP contribution in [-0.2, 0) is 9.63 Å². The van der Waals surface area contributed by atoms with E-state index in [4.69, 9.17) is 5.21 Å². The molecule has 1 saturated heterocycles. The fourth-order valence-electron chi connectivity index (χ4n) is 0.768. The van der Waals surface area contributed by atoms with Crippen molar-refractivity contribution < 1.29 is 19.6 Å². The minimum Gasteiger partial charge on any atom is -0.331 e. The summed E-state index contributed by atoms with van der Waals surface area (Å²) in [5.74, 6) is -0.677. The summed E-state index contributed by atoms with van der Waals surface area (Å²) in [4.78, 5) is 26.5. The van der Waals surface area contributed by atoms with E-state index in [1.165, 1.54) is 6.92 Å². The molecule has 0 aliphatic carbocycles. The van der Waals surface area contributed by atoms with Crippen LogP contribution >= 0.6 is 0 Å². The van der Waals surface area contributed by atoms with Gasteiger partial charge in [-0.15, -0.1) is 5.06 Å². The van der Waals surface area contributed by atoms with Crippen molar-refractivity contribution >= 4 is 12.0 Å². The van der Waals surface area contributed by atoms with Crippen molar-refractivity contribution in [1.82, 2.24) is 10.1 Å². The molecule has 1 fully saturated rings. The monoisotopic (exact) mass is 186 g/mol. The maximum absolute atomic E-state index is 11.0. The second kappa shape index (κ2) is 3.44. The van der Waals surface area contributed by atoms with Crippen molar-refractivity contribution in [2.24, 2.45) is 0 Å². The van der Waals surface area contributed by atoms with E-state index >= 15 is 0 Å². The van der Waals surface area contributed by atoms with E-state index in [2.05, 4.69) is 11.4 Å². The van der Waals surface area contributed by atoms with Crippen molar-refractivity contribution in [3.05, 3.63) is 12.2 Å². The van der Waals surface area contributed by atoms with Crippen LogP contribution in [0, 0.1) is 0 Å². The van der Waals surface area contributed by atoms with Gasteiger partial charge in [0.2, 0.25) is 0 Å². The van der Waals surface area contributed by atoms with E-state index in [1.807, 2.05) is 0 Å². The highest BCUT2D eigenvalue weighted by Crippen LogP contribution is 2.07. The Morgan fingerprint density at radius 3 is 2.62 bits per heavy atom. The van der Waals surface area contributed by atoms with Crippen LogP contribution in [0.25, 0.3) is 0 Å². The number of carbonyl (C=O) groups is 2. The van der Waals surface area contributed by atoms with Gasteiger partial charge in [0.25, 0.3) is 0 Å². The molecule has 0 aromatic carbocycles. The average Bonchev–Trinajstić information content (AvgIpc) is 2.36. The SMILES string of the molecule is C=C(C)C(=O)ON1CCN(O)C1=O. The summed E-state index contributed by atoms with van der Waals surface area (Å²) in [6.07, 6.45) is 0. The lowest BCUT2D eigenvalue weighted by atomic mass is 10.4. The highest BCUT2D eigenvalue weighted by Gasteiger charge is 2.30. The van der Waals surface area contributed by atoms with Gasteiger partial charge < -0.3 is 4.84 Å². The van der Waals surface area contributed by atoms with Gasteiger partial charge in [0.1, 0.15) is 0 Å². The van der Waals surface area contributed by atoms with Gasteiger partial charge in [-0.1, -0.05) is 6.58 Å². The van der Waals surface area contributed by atoms with Gasteiger partial charge in [0.05, 0.1) is 13.1 Å². The summed E-state index contributed by atoms with van der Waals surface area (Å²) < 4.78 is 0. The Morgan fingerprint density at radius 1 is 1.62 bits per heavy atom. The average molecular weight is 186 g/mol. The highest BCUT2D eigenvalue weighted by atomic mass is 16.7. The van der Waals surface area contributed by atoms with E-state index in [-0.39, 0.29) is 18.7 Å². The molecule has 72 valence electrons. The van der Waals surface area contributed by atoms with Crippen LogP contribution in [0.1, 0.15) is 6.92 Å². The molecule has 1 aliphatic rings. The minimum absolute atomic E-state index is 0.127. The van der Waals surface area contributed by atoms with Crippen molar-refractivity contribution in [1.29, 1.82) is 0 Å². The standard InChI is InChI=1S/C7H10N2O4/c1-5(2)6(10)13-9-4-3-8(12)7(9)11/h12H,1,3-4H2,2H3. The molecule has 2 amide bonds. The van der Waals surface area contributed by atoms with E-state index in [9.17, 15) is 9.59 Å². The summed E-state index contributed by atoms with van der Waals surface area (Å²) in [5, 5.41) is 10.1. The highest BCUT2D eigenvalue weighted by molar-refractivity contribution is 5.88. The topological polar surface area (TPSA) is 70.1 Å². The van der Waals surface area contributed by atoms with Gasteiger partial charge in [0, 0.05) is 5.57 Å². The van der Waals surface area contributed by atoms with E-state index in [0.717, 1.165) is 5.06 Å². The molecular formula is C7H10N2O4. The zero-order valence-electron chi connectivity index (χ0n) is 7.19. The number of hydroxylamine groups is 4. The third kappa shape index (κ3) is 1.97. The first kappa shape index (κ1) is 9.53. The van der Waals surface area contributed by atoms with Crippen molar-refractivity contribution in [3.8, 4) is 0 Å². The maximum atomic E-state index is 11.0. The lowest BCUT2D eigenvalue weighted by Gasteiger charge is -2.13. The third-order valence-corrected chi connectivity index (χ3v) is 1.49. The Morgan fingerprint density at radius 2 is 2.23 bits per heavy atom. The molecule has 1 rings (SSSR count). The first-order valence-corrected chi connectivity index (χ1v) is 3.68. The number of carbonyl (C=O) groups excluding carboxylic acids is 2. The van der Waals surface area contributed by atoms with Gasteiger partial charge in [-0.25, -0.2) is 14.7 Å². The molecule has 0 bridgehead atoms. The van der Waals surface area contributed by atoms with Crippen LogP contribution in [0.4, 0.5) is 4.79 Å². The number of hydrogen-bond donors (Lipinski definition) is 1. The quantitative estimate of drug-likeness (QED) is 0.492. The van der Waals surface area contributed by atoms with Crippen LogP contribution in [0.3, 0.4) is 0 Å². The van der Waals surface area contributed by atoms with Gasteiger partial charge in [0.15, 0.2) is 0 Å². The second-order valence-corrected chi connectivity index (χ2v) is 2.67. The third-order valence-electron chi connectivity index (χ3n) is 1.49. The molecule has 1 N–H and O–H groups in total. The van der Waals surface area contributed by atoms with E-state index < -0.39 is 12.0 Å². The van der Waals surface area contributed by atoms with E-state index in [0.29, 0.717) is 5.06 Å². The van der Waals surface area contributed by atoms with Crippen LogP contribution in [0.15, 0.2) is 12.2 Å². The summed E-state index contributed by atoms with van der Waals surface area (Å²) in [6.45, 7) is 5.11. The normalized spacial score (nSPS) is 16.3. The van der Waals surface area contributed by atoms with Gasteiger partial charge in [-0.2, -0.15) is 0 Å². The van der Waals surface area contributed by atoms with Crippen LogP contribution in [-0.4, -0.2) is 40.4 Å². The molecule has 1 aliphatic heterocycles. The summed E-state index contributed by atoms with van der Waals surface area (Å²) in [6, 6.07) is -0.741. The van der Waals surface area contributed by atoms with E-state index in [1.54, 1.807) is 0 Å². The molecule has 13 heavy (non-hydrogen) atoms. The van der Waals surface area contributed by atoms with Crippen LogP contribution in [0.5, 0.6) is 0 Å². The summed E-state index contributed by atoms with van der Waals surface area (Å²) >= 11 is 0. The molecule has 0 radical (unpaired) electrons. The number of urea groups is 1. The Balaban J connectivity index is 2.52. The second-order valence-electron chi connectivity index (χ2n) is 2.67. The maximum Gasteiger partial charge on any atom is 0.377 e. The molecule has 1 heterocycles. The predicted molar refractivity (Wildman–Crippen MR) is 41.5 cm³/mol. The lowest BCUT2D eigenvalue weighted by molar-refractivity contribution is -0.169. The Bertz CT molecular complexity index is 263. The zero-order chi connectivity index (χ0) is 10.0. The van der Waals surface area contributed by atoms with Crippen molar-refractivity contribution in [2.75, 3.05) is 13.1 Å². The lowest BCUT2D eigenvalue weighted by Crippen LogP contribution is -2.32. The Hall–Kier alpha value is -1.56. The smallest absolute Gasteiger partial charge is 0.331 e. The molecule has 0 spiro atoms. The molecule has 0 aromatic heterocycles. The van der Waals surface area contributed by atoms with Crippen molar-refractivity contribution in [3.63, 3.8) is 0 Å². The molecule has 6 heteroatoms. The van der Waals surface area contributed by atoms with Crippen LogP contribution in [0.2, 0.25) is 0 Å². The largest absolute Gasteiger partial charge is 0.377 e. The van der Waals surface area contributed by atoms with Gasteiger partial charge in [-0.05, 0) is 6.92 Å². The number of rotatable bonds is 2. The Kier molecular flexibility index (Phi) is 2.52. The first-order valence-electron chi connectivity index (χ1n) is 3.68. The number of nitrogens with zero attached hydrogens (tertiary/aromatic N) is 2. The fourth-order valence-corrected chi connectivity index (χ4v) is 0.768. The zero-order valence-corrected chi connectivity index (χ0v) is 7.19. The van der Waals surface area contributed by atoms with Crippen LogP contribution < -0.4 is 0 Å². The van der Waals surface area contributed by atoms with Gasteiger partial charge in [-0.3, -0.25) is 5.21 Å². The fraction of sp³-hybridized carbons (Fsp3) is 0.429. The number of amides is 2. The predicted octanol–water partition coefficient (Wildman–Crippen LogP) is 0.148. The number of hydrogen-bond acceptors (Lipinski definition) is 4. The summed E-state index contributed by atoms with van der Waals surface area (Å²) in [7, 11) is 0. The molecule has 0 aromatic rings.